The predicted molar refractivity (Wildman–Crippen MR) is 104 cm³/mol. The second kappa shape index (κ2) is 10.9. The molecule has 0 heterocycles. The van der Waals surface area contributed by atoms with Gasteiger partial charge in [-0.05, 0) is 31.2 Å². The topological polar surface area (TPSA) is 99.7 Å². The summed E-state index contributed by atoms with van der Waals surface area (Å²) < 4.78 is 5.53. The quantitative estimate of drug-likeness (QED) is 0.378. The Bertz CT molecular complexity index is 737. The average molecular weight is 371 g/mol. The summed E-state index contributed by atoms with van der Waals surface area (Å²) in [5.41, 5.74) is 1.22. The lowest BCUT2D eigenvalue weighted by Crippen LogP contribution is -2.38. The second-order valence-electron chi connectivity index (χ2n) is 5.97. The molecule has 0 saturated carbocycles. The Kier molecular flexibility index (Phi) is 8.28. The number of nitrogens with one attached hydrogen (secondary N) is 3. The average Bonchev–Trinajstić information content (AvgIpc) is 2.67. The van der Waals surface area contributed by atoms with Crippen LogP contribution in [0.25, 0.3) is 0 Å². The summed E-state index contributed by atoms with van der Waals surface area (Å²) in [7, 11) is 0. The van der Waals surface area contributed by atoms with E-state index < -0.39 is 6.10 Å². The van der Waals surface area contributed by atoms with Crippen LogP contribution in [0.5, 0.6) is 5.75 Å². The Morgan fingerprint density at radius 3 is 2.48 bits per heavy atom. The Balaban J connectivity index is 1.59. The Hall–Kier alpha value is -2.90. The monoisotopic (exact) mass is 371 g/mol. The van der Waals surface area contributed by atoms with E-state index in [1.165, 1.54) is 6.92 Å². The molecule has 2 aromatic carbocycles. The first kappa shape index (κ1) is 20.4. The van der Waals surface area contributed by atoms with Crippen LogP contribution in [0.15, 0.2) is 54.6 Å². The fraction of sp³-hybridized carbons (Fsp3) is 0.300. The molecule has 0 radical (unpaired) electrons. The molecular weight excluding hydrogens is 346 g/mol. The van der Waals surface area contributed by atoms with E-state index in [-0.39, 0.29) is 18.4 Å². The lowest BCUT2D eigenvalue weighted by Gasteiger charge is -2.15. The molecule has 0 aromatic heterocycles. The number of aliphatic hydroxyl groups is 1. The van der Waals surface area contributed by atoms with Crippen LogP contribution >= 0.6 is 0 Å². The first-order chi connectivity index (χ1) is 13.1. The first-order valence-electron chi connectivity index (χ1n) is 8.77. The van der Waals surface area contributed by atoms with Crippen LogP contribution in [0.4, 0.5) is 10.5 Å². The number of amides is 2. The Morgan fingerprint density at radius 1 is 1.04 bits per heavy atom. The van der Waals surface area contributed by atoms with Crippen molar-refractivity contribution in [1.82, 2.24) is 10.6 Å². The number of aliphatic hydroxyl groups excluding tert-OH is 1. The zero-order valence-electron chi connectivity index (χ0n) is 15.3. The minimum absolute atomic E-state index is 0.0687. The number of carbonyl (C=O) groups is 2. The number of Topliss-reactive ketones (excluding diaryl/α,β-unsaturated/α-hetero) is 1. The van der Waals surface area contributed by atoms with E-state index in [0.717, 1.165) is 5.69 Å². The highest BCUT2D eigenvalue weighted by Crippen LogP contribution is 2.18. The van der Waals surface area contributed by atoms with E-state index in [0.29, 0.717) is 30.9 Å². The van der Waals surface area contributed by atoms with Crippen LogP contribution in [0, 0.1) is 0 Å². The molecule has 0 aliphatic rings. The minimum Gasteiger partial charge on any atom is -0.490 e. The summed E-state index contributed by atoms with van der Waals surface area (Å²) in [4.78, 5) is 23.2. The molecule has 0 aliphatic carbocycles. The van der Waals surface area contributed by atoms with Crippen molar-refractivity contribution in [3.05, 3.63) is 60.2 Å². The van der Waals surface area contributed by atoms with Gasteiger partial charge in [-0.3, -0.25) is 4.79 Å². The van der Waals surface area contributed by atoms with E-state index in [1.54, 1.807) is 36.4 Å². The molecular formula is C20H25N3O4. The zero-order valence-corrected chi connectivity index (χ0v) is 15.3. The van der Waals surface area contributed by atoms with Crippen molar-refractivity contribution < 1.29 is 19.4 Å². The van der Waals surface area contributed by atoms with Gasteiger partial charge in [0, 0.05) is 25.3 Å². The Labute approximate surface area is 158 Å². The molecule has 0 saturated heterocycles. The van der Waals surface area contributed by atoms with Crippen molar-refractivity contribution in [2.75, 3.05) is 31.6 Å². The van der Waals surface area contributed by atoms with Crippen molar-refractivity contribution in [3.8, 4) is 5.75 Å². The molecule has 0 spiro atoms. The minimum atomic E-state index is -0.733. The summed E-state index contributed by atoms with van der Waals surface area (Å²) in [6.07, 6.45) is -0.733. The maximum absolute atomic E-state index is 11.7. The van der Waals surface area contributed by atoms with Gasteiger partial charge in [0.1, 0.15) is 18.5 Å². The van der Waals surface area contributed by atoms with Crippen molar-refractivity contribution in [2.45, 2.75) is 13.0 Å². The maximum Gasteiger partial charge on any atom is 0.319 e. The highest BCUT2D eigenvalue weighted by molar-refractivity contribution is 5.96. The van der Waals surface area contributed by atoms with Crippen molar-refractivity contribution >= 4 is 17.5 Å². The van der Waals surface area contributed by atoms with Gasteiger partial charge in [-0.15, -0.1) is 0 Å². The summed E-state index contributed by atoms with van der Waals surface area (Å²) in [6.45, 7) is 2.77. The molecule has 1 atom stereocenters. The van der Waals surface area contributed by atoms with Gasteiger partial charge < -0.3 is 25.8 Å². The third-order valence-electron chi connectivity index (χ3n) is 3.70. The molecule has 2 rings (SSSR count). The van der Waals surface area contributed by atoms with Gasteiger partial charge in [0.2, 0.25) is 0 Å². The fourth-order valence-electron chi connectivity index (χ4n) is 2.36. The largest absolute Gasteiger partial charge is 0.490 e. The van der Waals surface area contributed by atoms with Gasteiger partial charge in [-0.2, -0.15) is 0 Å². The summed E-state index contributed by atoms with van der Waals surface area (Å²) >= 11 is 0. The first-order valence-corrected chi connectivity index (χ1v) is 8.77. The fourth-order valence-corrected chi connectivity index (χ4v) is 2.36. The van der Waals surface area contributed by atoms with Crippen LogP contribution in [0.1, 0.15) is 17.3 Å². The van der Waals surface area contributed by atoms with Gasteiger partial charge in [0.25, 0.3) is 0 Å². The van der Waals surface area contributed by atoms with Crippen LogP contribution in [-0.4, -0.2) is 49.3 Å². The summed E-state index contributed by atoms with van der Waals surface area (Å²) in [5.74, 6) is 0.376. The molecule has 0 bridgehead atoms. The molecule has 144 valence electrons. The Morgan fingerprint density at radius 2 is 1.74 bits per heavy atom. The normalized spacial score (nSPS) is 11.5. The number of rotatable bonds is 10. The number of hydrogen-bond donors (Lipinski definition) is 4. The lowest BCUT2D eigenvalue weighted by molar-refractivity contribution is 0.0974. The SMILES string of the molecule is CC(=O)c1ccccc1OCC(O)CNCCNC(=O)Nc1ccccc1. The van der Waals surface area contributed by atoms with Crippen molar-refractivity contribution in [1.29, 1.82) is 0 Å². The molecule has 7 nitrogen and oxygen atoms in total. The number of ether oxygens (including phenoxy) is 1. The van der Waals surface area contributed by atoms with Gasteiger partial charge in [0.05, 0.1) is 5.56 Å². The molecule has 2 aromatic rings. The van der Waals surface area contributed by atoms with E-state index in [4.69, 9.17) is 4.74 Å². The van der Waals surface area contributed by atoms with Gasteiger partial charge in [-0.1, -0.05) is 30.3 Å². The number of para-hydroxylation sites is 2. The van der Waals surface area contributed by atoms with Gasteiger partial charge >= 0.3 is 6.03 Å². The highest BCUT2D eigenvalue weighted by atomic mass is 16.5. The third kappa shape index (κ3) is 7.47. The van der Waals surface area contributed by atoms with Crippen molar-refractivity contribution in [2.24, 2.45) is 0 Å². The van der Waals surface area contributed by atoms with E-state index in [1.807, 2.05) is 18.2 Å². The molecule has 0 fully saturated rings. The van der Waals surface area contributed by atoms with Crippen LogP contribution in [0.3, 0.4) is 0 Å². The lowest BCUT2D eigenvalue weighted by atomic mass is 10.1. The number of hydrogen-bond acceptors (Lipinski definition) is 5. The molecule has 27 heavy (non-hydrogen) atoms. The molecule has 7 heteroatoms. The van der Waals surface area contributed by atoms with Crippen LogP contribution in [-0.2, 0) is 0 Å². The number of ketones is 1. The zero-order chi connectivity index (χ0) is 19.5. The number of carbonyl (C=O) groups excluding carboxylic acids is 2. The van der Waals surface area contributed by atoms with E-state index in [9.17, 15) is 14.7 Å². The summed E-state index contributed by atoms with van der Waals surface area (Å²) in [5, 5.41) is 18.4. The van der Waals surface area contributed by atoms with Gasteiger partial charge in [0.15, 0.2) is 5.78 Å². The third-order valence-corrected chi connectivity index (χ3v) is 3.70. The van der Waals surface area contributed by atoms with E-state index in [2.05, 4.69) is 16.0 Å². The predicted octanol–water partition coefficient (Wildman–Crippen LogP) is 2.04. The van der Waals surface area contributed by atoms with E-state index >= 15 is 0 Å². The second-order valence-corrected chi connectivity index (χ2v) is 5.97. The number of benzene rings is 2. The molecule has 1 unspecified atom stereocenters. The molecule has 2 amide bonds. The smallest absolute Gasteiger partial charge is 0.319 e. The number of anilines is 1. The molecule has 0 aliphatic heterocycles. The van der Waals surface area contributed by atoms with Crippen LogP contribution in [0.2, 0.25) is 0 Å². The number of urea groups is 1. The standard InChI is InChI=1S/C20H25N3O4/c1-15(24)18-9-5-6-10-19(18)27-14-17(25)13-21-11-12-22-20(26)23-16-7-3-2-4-8-16/h2-10,17,21,25H,11-14H2,1H3,(H2,22,23,26). The summed E-state index contributed by atoms with van der Waals surface area (Å²) in [6, 6.07) is 15.8. The van der Waals surface area contributed by atoms with Crippen LogP contribution < -0.4 is 20.7 Å². The van der Waals surface area contributed by atoms with Crippen molar-refractivity contribution in [3.63, 3.8) is 0 Å². The van der Waals surface area contributed by atoms with Gasteiger partial charge in [-0.25, -0.2) is 4.79 Å². The maximum atomic E-state index is 11.7. The highest BCUT2D eigenvalue weighted by Gasteiger charge is 2.10. The molecule has 4 N–H and O–H groups in total.